The fraction of sp³-hybridized carbons (Fsp3) is 0.500. The summed E-state index contributed by atoms with van der Waals surface area (Å²) >= 11 is 0. The van der Waals surface area contributed by atoms with Crippen molar-refractivity contribution in [2.24, 2.45) is 5.73 Å². The van der Waals surface area contributed by atoms with Gasteiger partial charge in [-0.1, -0.05) is 13.0 Å². The van der Waals surface area contributed by atoms with Gasteiger partial charge in [-0.3, -0.25) is 0 Å². The highest BCUT2D eigenvalue weighted by Crippen LogP contribution is 2.21. The Kier molecular flexibility index (Phi) is 3.45. The largest absolute Gasteiger partial charge is 0.325 e. The predicted molar refractivity (Wildman–Crippen MR) is 57.7 cm³/mol. The Morgan fingerprint density at radius 2 is 1.87 bits per heavy atom. The smallest absolute Gasteiger partial charge is 0.132 e. The molecule has 0 amide bonds. The number of aryl methyl sites for hydroxylation is 1. The average Bonchev–Trinajstić information content (AvgIpc) is 2.11. The normalized spacial score (nSPS) is 11.9. The third kappa shape index (κ3) is 2.99. The van der Waals surface area contributed by atoms with E-state index in [9.17, 15) is 8.78 Å². The van der Waals surface area contributed by atoms with Crippen LogP contribution in [0.1, 0.15) is 31.9 Å². The van der Waals surface area contributed by atoms with Crippen LogP contribution in [0.5, 0.6) is 0 Å². The summed E-state index contributed by atoms with van der Waals surface area (Å²) in [5.41, 5.74) is 5.80. The van der Waals surface area contributed by atoms with E-state index in [1.54, 1.807) is 13.8 Å². The van der Waals surface area contributed by atoms with Crippen molar-refractivity contribution in [1.29, 1.82) is 0 Å². The number of hydrogen-bond donors (Lipinski definition) is 1. The number of rotatable bonds is 3. The molecule has 1 aromatic carbocycles. The molecule has 0 aromatic heterocycles. The van der Waals surface area contributed by atoms with E-state index in [4.69, 9.17) is 5.73 Å². The van der Waals surface area contributed by atoms with E-state index >= 15 is 0 Å². The van der Waals surface area contributed by atoms with Crippen molar-refractivity contribution in [1.82, 2.24) is 0 Å². The zero-order valence-corrected chi connectivity index (χ0v) is 9.40. The Morgan fingerprint density at radius 1 is 1.27 bits per heavy atom. The summed E-state index contributed by atoms with van der Waals surface area (Å²) in [5.74, 6) is -0.959. The van der Waals surface area contributed by atoms with Gasteiger partial charge in [0.1, 0.15) is 11.6 Å². The summed E-state index contributed by atoms with van der Waals surface area (Å²) in [6, 6.07) is 2.79. The monoisotopic (exact) mass is 213 g/mol. The highest BCUT2D eigenvalue weighted by molar-refractivity contribution is 5.28. The molecule has 15 heavy (non-hydrogen) atoms. The third-order valence-electron chi connectivity index (χ3n) is 2.28. The first kappa shape index (κ1) is 12.1. The number of nitrogens with two attached hydrogens (primary N) is 1. The maximum atomic E-state index is 13.8. The van der Waals surface area contributed by atoms with E-state index in [1.807, 2.05) is 6.92 Å². The van der Waals surface area contributed by atoms with Gasteiger partial charge in [-0.2, -0.15) is 0 Å². The van der Waals surface area contributed by atoms with Crippen LogP contribution in [0.15, 0.2) is 12.1 Å². The van der Waals surface area contributed by atoms with Gasteiger partial charge in [0.05, 0.1) is 0 Å². The van der Waals surface area contributed by atoms with E-state index in [-0.39, 0.29) is 12.0 Å². The third-order valence-corrected chi connectivity index (χ3v) is 2.28. The first-order chi connectivity index (χ1) is 6.85. The minimum atomic E-state index is -0.603. The summed E-state index contributed by atoms with van der Waals surface area (Å²) in [4.78, 5) is 0. The lowest BCUT2D eigenvalue weighted by atomic mass is 9.93. The minimum Gasteiger partial charge on any atom is -0.325 e. The lowest BCUT2D eigenvalue weighted by Gasteiger charge is -2.20. The van der Waals surface area contributed by atoms with Gasteiger partial charge in [0, 0.05) is 11.1 Å². The predicted octanol–water partition coefficient (Wildman–Crippen LogP) is 2.81. The lowest BCUT2D eigenvalue weighted by molar-refractivity contribution is 0.470. The van der Waals surface area contributed by atoms with Crippen LogP contribution in [0.2, 0.25) is 0 Å². The topological polar surface area (TPSA) is 26.0 Å². The molecule has 1 aromatic rings. The molecule has 0 radical (unpaired) electrons. The van der Waals surface area contributed by atoms with Crippen molar-refractivity contribution >= 4 is 0 Å². The van der Waals surface area contributed by atoms with Gasteiger partial charge in [-0.05, 0) is 38.3 Å². The van der Waals surface area contributed by atoms with E-state index in [0.717, 1.165) is 0 Å². The second-order valence-electron chi connectivity index (χ2n) is 4.52. The van der Waals surface area contributed by atoms with E-state index in [2.05, 4.69) is 0 Å². The van der Waals surface area contributed by atoms with Crippen LogP contribution >= 0.6 is 0 Å². The highest BCUT2D eigenvalue weighted by atomic mass is 19.1. The summed E-state index contributed by atoms with van der Waals surface area (Å²) in [5, 5.41) is 0. The lowest BCUT2D eigenvalue weighted by Crippen LogP contribution is -2.35. The molecule has 0 heterocycles. The molecule has 0 unspecified atom stereocenters. The standard InChI is InChI=1S/C12H17F2N/c1-4-8-5-6-10(13)9(11(8)14)7-12(2,3)15/h5-6H,4,7,15H2,1-3H3. The van der Waals surface area contributed by atoms with Gasteiger partial charge in [-0.25, -0.2) is 8.78 Å². The maximum Gasteiger partial charge on any atom is 0.132 e. The molecule has 1 nitrogen and oxygen atoms in total. The second-order valence-corrected chi connectivity index (χ2v) is 4.52. The molecule has 0 aliphatic rings. The van der Waals surface area contributed by atoms with Crippen LogP contribution in [0, 0.1) is 11.6 Å². The Bertz CT molecular complexity index is 353. The van der Waals surface area contributed by atoms with Gasteiger partial charge in [0.2, 0.25) is 0 Å². The van der Waals surface area contributed by atoms with Crippen molar-refractivity contribution in [2.45, 2.75) is 39.2 Å². The van der Waals surface area contributed by atoms with Crippen molar-refractivity contribution in [2.75, 3.05) is 0 Å². The Hall–Kier alpha value is -0.960. The van der Waals surface area contributed by atoms with Crippen LogP contribution in [-0.4, -0.2) is 5.54 Å². The molecule has 0 bridgehead atoms. The van der Waals surface area contributed by atoms with Crippen LogP contribution in [0.3, 0.4) is 0 Å². The Labute approximate surface area is 89.3 Å². The van der Waals surface area contributed by atoms with E-state index in [0.29, 0.717) is 12.0 Å². The van der Waals surface area contributed by atoms with Crippen molar-refractivity contribution < 1.29 is 8.78 Å². The summed E-state index contributed by atoms with van der Waals surface area (Å²) in [6.07, 6.45) is 0.766. The van der Waals surface area contributed by atoms with Crippen molar-refractivity contribution in [3.05, 3.63) is 34.9 Å². The van der Waals surface area contributed by atoms with Crippen LogP contribution in [0.4, 0.5) is 8.78 Å². The molecule has 0 fully saturated rings. The van der Waals surface area contributed by atoms with Crippen LogP contribution in [0.25, 0.3) is 0 Å². The van der Waals surface area contributed by atoms with Gasteiger partial charge in [-0.15, -0.1) is 0 Å². The second kappa shape index (κ2) is 4.27. The molecule has 1 rings (SSSR count). The van der Waals surface area contributed by atoms with Crippen LogP contribution < -0.4 is 5.73 Å². The summed E-state index contributed by atoms with van der Waals surface area (Å²) < 4.78 is 27.2. The molecular weight excluding hydrogens is 196 g/mol. The fourth-order valence-corrected chi connectivity index (χ4v) is 1.54. The van der Waals surface area contributed by atoms with Gasteiger partial charge < -0.3 is 5.73 Å². The van der Waals surface area contributed by atoms with E-state index < -0.39 is 17.2 Å². The first-order valence-electron chi connectivity index (χ1n) is 5.10. The highest BCUT2D eigenvalue weighted by Gasteiger charge is 2.19. The summed E-state index contributed by atoms with van der Waals surface area (Å²) in [7, 11) is 0. The number of hydrogen-bond acceptors (Lipinski definition) is 1. The fourth-order valence-electron chi connectivity index (χ4n) is 1.54. The molecule has 0 atom stereocenters. The summed E-state index contributed by atoms with van der Waals surface area (Å²) in [6.45, 7) is 5.35. The molecule has 0 spiro atoms. The molecule has 3 heteroatoms. The molecule has 0 saturated heterocycles. The van der Waals surface area contributed by atoms with Gasteiger partial charge >= 0.3 is 0 Å². The van der Waals surface area contributed by atoms with E-state index in [1.165, 1.54) is 12.1 Å². The molecule has 0 saturated carbocycles. The molecule has 2 N–H and O–H groups in total. The Morgan fingerprint density at radius 3 is 2.33 bits per heavy atom. The number of benzene rings is 1. The molecular formula is C12H17F2N. The first-order valence-corrected chi connectivity index (χ1v) is 5.10. The van der Waals surface area contributed by atoms with Gasteiger partial charge in [0.25, 0.3) is 0 Å². The molecule has 0 aliphatic carbocycles. The number of halogens is 2. The molecule has 84 valence electrons. The van der Waals surface area contributed by atoms with Crippen LogP contribution in [-0.2, 0) is 12.8 Å². The SMILES string of the molecule is CCc1ccc(F)c(CC(C)(C)N)c1F. The average molecular weight is 213 g/mol. The zero-order chi connectivity index (χ0) is 11.6. The maximum absolute atomic E-state index is 13.8. The zero-order valence-electron chi connectivity index (χ0n) is 9.40. The quantitative estimate of drug-likeness (QED) is 0.821. The van der Waals surface area contributed by atoms with Crippen molar-refractivity contribution in [3.63, 3.8) is 0 Å². The van der Waals surface area contributed by atoms with Crippen molar-refractivity contribution in [3.8, 4) is 0 Å². The minimum absolute atomic E-state index is 0.0989. The molecule has 0 aliphatic heterocycles. The van der Waals surface area contributed by atoms with Gasteiger partial charge in [0.15, 0.2) is 0 Å². The Balaban J connectivity index is 3.15.